The molecule has 0 unspecified atom stereocenters. The van der Waals surface area contributed by atoms with E-state index >= 15 is 0 Å². The van der Waals surface area contributed by atoms with Crippen molar-refractivity contribution in [2.75, 3.05) is 6.54 Å². The van der Waals surface area contributed by atoms with Crippen LogP contribution < -0.4 is 4.72 Å². The van der Waals surface area contributed by atoms with Crippen molar-refractivity contribution in [2.24, 2.45) is 0 Å². The van der Waals surface area contributed by atoms with Crippen LogP contribution in [0.3, 0.4) is 0 Å². The highest BCUT2D eigenvalue weighted by atomic mass is 35.5. The van der Waals surface area contributed by atoms with Crippen molar-refractivity contribution < 1.29 is 22.8 Å². The zero-order valence-electron chi connectivity index (χ0n) is 10.5. The Kier molecular flexibility index (Phi) is 4.56. The van der Waals surface area contributed by atoms with E-state index in [-0.39, 0.29) is 28.4 Å². The van der Waals surface area contributed by atoms with E-state index in [4.69, 9.17) is 21.2 Å². The SMILES string of the molecule is O=C(O)c1ccc(S(=O)(=O)NCCc2ncno2)cc1Cl. The molecule has 2 rings (SSSR count). The number of carboxylic acid groups (broad SMARTS) is 1. The van der Waals surface area contributed by atoms with E-state index in [1.807, 2.05) is 0 Å². The summed E-state index contributed by atoms with van der Waals surface area (Å²) in [6.07, 6.45) is 1.45. The standard InChI is InChI=1S/C11H10ClN3O5S/c12-9-5-7(1-2-8(9)11(16)17)21(18,19)15-4-3-10-13-6-14-20-10/h1-2,5-6,15H,3-4H2,(H,16,17). The Morgan fingerprint density at radius 2 is 2.19 bits per heavy atom. The van der Waals surface area contributed by atoms with E-state index in [9.17, 15) is 13.2 Å². The molecule has 112 valence electrons. The molecule has 0 atom stereocenters. The molecule has 21 heavy (non-hydrogen) atoms. The van der Waals surface area contributed by atoms with Gasteiger partial charge >= 0.3 is 5.97 Å². The van der Waals surface area contributed by atoms with Crippen molar-refractivity contribution >= 4 is 27.6 Å². The molecule has 2 N–H and O–H groups in total. The number of sulfonamides is 1. The van der Waals surface area contributed by atoms with E-state index < -0.39 is 16.0 Å². The first-order valence-corrected chi connectivity index (χ1v) is 7.54. The highest BCUT2D eigenvalue weighted by Crippen LogP contribution is 2.20. The predicted octanol–water partition coefficient (Wildman–Crippen LogP) is 0.942. The Labute approximate surface area is 124 Å². The second-order valence-corrected chi connectivity index (χ2v) is 6.10. The van der Waals surface area contributed by atoms with E-state index in [1.165, 1.54) is 12.4 Å². The number of carboxylic acids is 1. The number of halogens is 1. The van der Waals surface area contributed by atoms with Gasteiger partial charge in [-0.05, 0) is 18.2 Å². The lowest BCUT2D eigenvalue weighted by Crippen LogP contribution is -2.26. The molecule has 1 aromatic heterocycles. The number of nitrogens with one attached hydrogen (secondary N) is 1. The minimum atomic E-state index is -3.80. The smallest absolute Gasteiger partial charge is 0.337 e. The number of nitrogens with zero attached hydrogens (tertiary/aromatic N) is 2. The third-order valence-corrected chi connectivity index (χ3v) is 4.29. The summed E-state index contributed by atoms with van der Waals surface area (Å²) in [5, 5.41) is 12.1. The fourth-order valence-corrected chi connectivity index (χ4v) is 2.90. The van der Waals surface area contributed by atoms with Gasteiger partial charge in [-0.3, -0.25) is 0 Å². The van der Waals surface area contributed by atoms with Crippen LogP contribution in [0.25, 0.3) is 0 Å². The topological polar surface area (TPSA) is 122 Å². The van der Waals surface area contributed by atoms with Crippen LogP contribution in [0.15, 0.2) is 33.9 Å². The number of aromatic carboxylic acids is 1. The molecule has 2 aromatic rings. The molecule has 1 heterocycles. The van der Waals surface area contributed by atoms with Gasteiger partial charge in [-0.1, -0.05) is 16.8 Å². The highest BCUT2D eigenvalue weighted by Gasteiger charge is 2.17. The zero-order valence-corrected chi connectivity index (χ0v) is 12.1. The second-order valence-electron chi connectivity index (χ2n) is 3.93. The Morgan fingerprint density at radius 1 is 1.43 bits per heavy atom. The summed E-state index contributed by atoms with van der Waals surface area (Å²) in [6, 6.07) is 3.39. The van der Waals surface area contributed by atoms with Gasteiger partial charge in [0.1, 0.15) is 0 Å². The summed E-state index contributed by atoms with van der Waals surface area (Å²) in [6.45, 7) is 0.0584. The molecule has 0 saturated carbocycles. The quantitative estimate of drug-likeness (QED) is 0.807. The molecule has 0 fully saturated rings. The van der Waals surface area contributed by atoms with E-state index in [1.54, 1.807) is 0 Å². The van der Waals surface area contributed by atoms with Gasteiger partial charge in [0.2, 0.25) is 15.9 Å². The van der Waals surface area contributed by atoms with Crippen LogP contribution in [-0.2, 0) is 16.4 Å². The van der Waals surface area contributed by atoms with Crippen LogP contribution in [0.1, 0.15) is 16.2 Å². The monoisotopic (exact) mass is 331 g/mol. The maximum atomic E-state index is 12.0. The predicted molar refractivity (Wildman–Crippen MR) is 71.6 cm³/mol. The fourth-order valence-electron chi connectivity index (χ4n) is 1.52. The number of rotatable bonds is 6. The molecule has 0 aliphatic rings. The van der Waals surface area contributed by atoms with Crippen LogP contribution >= 0.6 is 11.6 Å². The molecule has 0 saturated heterocycles. The van der Waals surface area contributed by atoms with Crippen LogP contribution in [0.5, 0.6) is 0 Å². The maximum absolute atomic E-state index is 12.0. The van der Waals surface area contributed by atoms with Gasteiger partial charge in [0.15, 0.2) is 6.33 Å². The molecule has 0 aliphatic heterocycles. The zero-order chi connectivity index (χ0) is 15.5. The number of benzene rings is 1. The molecular weight excluding hydrogens is 322 g/mol. The van der Waals surface area contributed by atoms with E-state index in [2.05, 4.69) is 14.9 Å². The van der Waals surface area contributed by atoms with Crippen LogP contribution in [0, 0.1) is 0 Å². The van der Waals surface area contributed by atoms with Gasteiger partial charge in [-0.25, -0.2) is 17.9 Å². The van der Waals surface area contributed by atoms with Gasteiger partial charge in [0, 0.05) is 13.0 Å². The highest BCUT2D eigenvalue weighted by molar-refractivity contribution is 7.89. The summed E-state index contributed by atoms with van der Waals surface area (Å²) < 4.78 is 31.1. The third kappa shape index (κ3) is 3.78. The molecule has 10 heteroatoms. The molecule has 0 bridgehead atoms. The van der Waals surface area contributed by atoms with Crippen LogP contribution in [0.4, 0.5) is 0 Å². The van der Waals surface area contributed by atoms with Crippen molar-refractivity contribution in [1.82, 2.24) is 14.9 Å². The summed E-state index contributed by atoms with van der Waals surface area (Å²) >= 11 is 5.74. The minimum Gasteiger partial charge on any atom is -0.478 e. The van der Waals surface area contributed by atoms with Crippen LogP contribution in [0.2, 0.25) is 5.02 Å². The molecular formula is C11H10ClN3O5S. The van der Waals surface area contributed by atoms with Gasteiger partial charge in [0.05, 0.1) is 15.5 Å². The van der Waals surface area contributed by atoms with E-state index in [0.29, 0.717) is 5.89 Å². The van der Waals surface area contributed by atoms with Gasteiger partial charge in [-0.2, -0.15) is 4.98 Å². The van der Waals surface area contributed by atoms with Crippen molar-refractivity contribution in [2.45, 2.75) is 11.3 Å². The Balaban J connectivity index is 2.08. The average molecular weight is 332 g/mol. The second kappa shape index (κ2) is 6.20. The van der Waals surface area contributed by atoms with Crippen LogP contribution in [-0.4, -0.2) is 36.2 Å². The normalized spacial score (nSPS) is 11.5. The van der Waals surface area contributed by atoms with Crippen molar-refractivity contribution in [3.63, 3.8) is 0 Å². The van der Waals surface area contributed by atoms with Gasteiger partial charge in [-0.15, -0.1) is 0 Å². The third-order valence-electron chi connectivity index (χ3n) is 2.52. The van der Waals surface area contributed by atoms with E-state index in [0.717, 1.165) is 12.1 Å². The fraction of sp³-hybridized carbons (Fsp3) is 0.182. The van der Waals surface area contributed by atoms with Crippen molar-refractivity contribution in [3.05, 3.63) is 41.0 Å². The number of hydrogen-bond donors (Lipinski definition) is 2. The Morgan fingerprint density at radius 3 is 2.76 bits per heavy atom. The first-order chi connectivity index (χ1) is 9.90. The van der Waals surface area contributed by atoms with Crippen molar-refractivity contribution in [1.29, 1.82) is 0 Å². The molecule has 0 spiro atoms. The molecule has 8 nitrogen and oxygen atoms in total. The molecule has 0 aliphatic carbocycles. The van der Waals surface area contributed by atoms with Gasteiger partial charge in [0.25, 0.3) is 0 Å². The number of hydrogen-bond acceptors (Lipinski definition) is 6. The van der Waals surface area contributed by atoms with Crippen molar-refractivity contribution in [3.8, 4) is 0 Å². The Bertz CT molecular complexity index is 745. The Hall–Kier alpha value is -1.97. The molecule has 0 radical (unpaired) electrons. The summed E-state index contributed by atoms with van der Waals surface area (Å²) in [4.78, 5) is 14.4. The summed E-state index contributed by atoms with van der Waals surface area (Å²) in [5.41, 5.74) is -0.165. The largest absolute Gasteiger partial charge is 0.478 e. The number of carbonyl (C=O) groups is 1. The first kappa shape index (κ1) is 15.4. The van der Waals surface area contributed by atoms with Gasteiger partial charge < -0.3 is 9.63 Å². The lowest BCUT2D eigenvalue weighted by atomic mass is 10.2. The molecule has 0 amide bonds. The maximum Gasteiger partial charge on any atom is 0.337 e. The summed E-state index contributed by atoms with van der Waals surface area (Å²) in [7, 11) is -3.80. The lowest BCUT2D eigenvalue weighted by Gasteiger charge is -2.07. The first-order valence-electron chi connectivity index (χ1n) is 5.68. The lowest BCUT2D eigenvalue weighted by molar-refractivity contribution is 0.0697. The average Bonchev–Trinajstić information content (AvgIpc) is 2.91. The summed E-state index contributed by atoms with van der Waals surface area (Å²) in [5.74, 6) is -0.926. The molecule has 1 aromatic carbocycles. The minimum absolute atomic E-state index is 0.0584. The number of aromatic nitrogens is 2.